The molecule has 1 aliphatic rings. The van der Waals surface area contributed by atoms with Crippen molar-refractivity contribution >= 4 is 54.6 Å². The van der Waals surface area contributed by atoms with E-state index in [0.29, 0.717) is 0 Å². The number of fused-ring (bicyclic) bond motifs is 11. The first-order valence-electron chi connectivity index (χ1n) is 15.3. The number of rotatable bonds is 2. The molecule has 0 amide bonds. The molecule has 208 valence electrons. The predicted molar refractivity (Wildman–Crippen MR) is 182 cm³/mol. The lowest BCUT2D eigenvalue weighted by Gasteiger charge is -2.19. The number of imidazole rings is 1. The third kappa shape index (κ3) is 2.90. The van der Waals surface area contributed by atoms with Crippen LogP contribution in [0.1, 0.15) is 25.2 Å². The summed E-state index contributed by atoms with van der Waals surface area (Å²) in [6, 6.07) is 48.4. The van der Waals surface area contributed by atoms with Crippen LogP contribution in [0, 0.1) is 0 Å². The summed E-state index contributed by atoms with van der Waals surface area (Å²) in [6.07, 6.45) is 0. The first-order valence-corrected chi connectivity index (χ1v) is 15.3. The number of hydrogen-bond acceptors (Lipinski definition) is 1. The van der Waals surface area contributed by atoms with Crippen molar-refractivity contribution in [2.24, 2.45) is 0 Å². The second-order valence-corrected chi connectivity index (χ2v) is 12.5. The molecule has 44 heavy (non-hydrogen) atoms. The molecule has 0 radical (unpaired) electrons. The lowest BCUT2D eigenvalue weighted by atomic mass is 9.85. The van der Waals surface area contributed by atoms with Crippen LogP contribution < -0.4 is 0 Å². The minimum absolute atomic E-state index is 0.223. The highest BCUT2D eigenvalue weighted by molar-refractivity contribution is 6.19. The summed E-state index contributed by atoms with van der Waals surface area (Å²) in [5, 5.41) is 5.01. The van der Waals surface area contributed by atoms with E-state index in [9.17, 15) is 0 Å². The number of para-hydroxylation sites is 6. The van der Waals surface area contributed by atoms with Crippen LogP contribution in [0.2, 0.25) is 0 Å². The molecule has 10 rings (SSSR count). The lowest BCUT2D eigenvalue weighted by molar-refractivity contribution is 0.621. The lowest BCUT2D eigenvalue weighted by Crippen LogP contribution is -2.16. The van der Waals surface area contributed by atoms with E-state index >= 15 is 0 Å². The summed E-state index contributed by atoms with van der Waals surface area (Å²) in [6.45, 7) is 4.60. The molecule has 0 atom stereocenters. The van der Waals surface area contributed by atoms with Gasteiger partial charge in [-0.15, -0.1) is 0 Å². The largest absolute Gasteiger partial charge is 0.309 e. The fourth-order valence-corrected chi connectivity index (χ4v) is 7.79. The molecule has 0 bridgehead atoms. The van der Waals surface area contributed by atoms with Gasteiger partial charge >= 0.3 is 0 Å². The first-order chi connectivity index (χ1) is 21.6. The molecule has 0 spiro atoms. The Morgan fingerprint density at radius 1 is 0.477 bits per heavy atom. The minimum Gasteiger partial charge on any atom is -0.309 e. The van der Waals surface area contributed by atoms with Crippen LogP contribution in [0.5, 0.6) is 0 Å². The van der Waals surface area contributed by atoms with Gasteiger partial charge in [-0.1, -0.05) is 78.9 Å². The highest BCUT2D eigenvalue weighted by Crippen LogP contribution is 2.48. The molecule has 0 N–H and O–H groups in total. The third-order valence-electron chi connectivity index (χ3n) is 9.75. The van der Waals surface area contributed by atoms with E-state index in [1.807, 2.05) is 0 Å². The Morgan fingerprint density at radius 3 is 1.80 bits per heavy atom. The third-order valence-corrected chi connectivity index (χ3v) is 9.75. The zero-order valence-corrected chi connectivity index (χ0v) is 24.5. The second kappa shape index (κ2) is 8.27. The molecule has 0 unspecified atom stereocenters. The highest BCUT2D eigenvalue weighted by atomic mass is 15.2. The Kier molecular flexibility index (Phi) is 4.49. The van der Waals surface area contributed by atoms with Crippen molar-refractivity contribution in [3.05, 3.63) is 145 Å². The minimum atomic E-state index is -0.223. The number of nitrogens with zero attached hydrogens (tertiary/aromatic N) is 4. The molecule has 4 heteroatoms. The van der Waals surface area contributed by atoms with Crippen LogP contribution in [0.4, 0.5) is 0 Å². The summed E-state index contributed by atoms with van der Waals surface area (Å²) >= 11 is 0. The zero-order valence-electron chi connectivity index (χ0n) is 24.5. The second-order valence-electron chi connectivity index (χ2n) is 12.5. The van der Waals surface area contributed by atoms with E-state index in [1.54, 1.807) is 0 Å². The van der Waals surface area contributed by atoms with Gasteiger partial charge in [0.15, 0.2) is 0 Å². The smallest absolute Gasteiger partial charge is 0.124 e. The van der Waals surface area contributed by atoms with Crippen molar-refractivity contribution in [3.63, 3.8) is 0 Å². The average molecular weight is 565 g/mol. The van der Waals surface area contributed by atoms with Gasteiger partial charge < -0.3 is 9.13 Å². The van der Waals surface area contributed by atoms with Crippen LogP contribution in [0.25, 0.3) is 71.7 Å². The van der Waals surface area contributed by atoms with E-state index < -0.39 is 0 Å². The molecule has 0 saturated carbocycles. The van der Waals surface area contributed by atoms with Gasteiger partial charge in [0.25, 0.3) is 0 Å². The van der Waals surface area contributed by atoms with E-state index in [1.165, 1.54) is 66.2 Å². The summed E-state index contributed by atoms with van der Waals surface area (Å²) < 4.78 is 7.29. The van der Waals surface area contributed by atoms with Gasteiger partial charge in [-0.3, -0.25) is 4.57 Å². The van der Waals surface area contributed by atoms with Crippen molar-refractivity contribution in [1.82, 2.24) is 18.7 Å². The van der Waals surface area contributed by atoms with Crippen molar-refractivity contribution in [2.75, 3.05) is 0 Å². The molecule has 0 saturated heterocycles. The molecule has 0 aliphatic carbocycles. The number of benzene rings is 6. The standard InChI is InChI=1S/C40H28N4/c1-40(2)30-17-12-22-35(38(30)44-34-21-11-8-18-31(34)41-39(40)44)43-33-20-10-7-16-27(33)29-23-36-28(24-37(29)43)26-15-6-9-19-32(26)42(36)25-13-4-3-5-14-25/h3-24H,1-2H3. The molecule has 9 aromatic rings. The van der Waals surface area contributed by atoms with Gasteiger partial charge in [0.2, 0.25) is 0 Å². The van der Waals surface area contributed by atoms with Gasteiger partial charge in [0, 0.05) is 27.2 Å². The molecule has 4 heterocycles. The highest BCUT2D eigenvalue weighted by Gasteiger charge is 2.40. The van der Waals surface area contributed by atoms with E-state index in [0.717, 1.165) is 16.9 Å². The van der Waals surface area contributed by atoms with Crippen molar-refractivity contribution in [2.45, 2.75) is 19.3 Å². The van der Waals surface area contributed by atoms with Crippen molar-refractivity contribution < 1.29 is 0 Å². The van der Waals surface area contributed by atoms with E-state index in [2.05, 4.69) is 161 Å². The van der Waals surface area contributed by atoms with Gasteiger partial charge in [0.1, 0.15) is 5.82 Å². The molecular formula is C40H28N4. The Labute approximate surface area is 254 Å². The van der Waals surface area contributed by atoms with Gasteiger partial charge in [-0.05, 0) is 74.0 Å². The maximum atomic E-state index is 5.17. The van der Waals surface area contributed by atoms with Crippen LogP contribution in [-0.4, -0.2) is 18.7 Å². The normalized spacial score (nSPS) is 13.9. The monoisotopic (exact) mass is 564 g/mol. The van der Waals surface area contributed by atoms with Crippen LogP contribution in [0.15, 0.2) is 133 Å². The summed E-state index contributed by atoms with van der Waals surface area (Å²) in [5.74, 6) is 1.09. The topological polar surface area (TPSA) is 27.7 Å². The number of aromatic nitrogens is 4. The predicted octanol–water partition coefficient (Wildman–Crippen LogP) is 9.86. The fraction of sp³-hybridized carbons (Fsp3) is 0.0750. The van der Waals surface area contributed by atoms with Crippen LogP contribution >= 0.6 is 0 Å². The van der Waals surface area contributed by atoms with Crippen molar-refractivity contribution in [3.8, 4) is 17.1 Å². The molecule has 6 aromatic carbocycles. The Hall–Kier alpha value is -5.61. The van der Waals surface area contributed by atoms with E-state index in [4.69, 9.17) is 4.98 Å². The molecule has 4 nitrogen and oxygen atoms in total. The van der Waals surface area contributed by atoms with Gasteiger partial charge in [-0.25, -0.2) is 4.98 Å². The average Bonchev–Trinajstić information content (AvgIpc) is 3.76. The Balaban J connectivity index is 1.37. The van der Waals surface area contributed by atoms with Gasteiger partial charge in [-0.2, -0.15) is 0 Å². The summed E-state index contributed by atoms with van der Waals surface area (Å²) in [5.41, 5.74) is 11.7. The molecular weight excluding hydrogens is 536 g/mol. The summed E-state index contributed by atoms with van der Waals surface area (Å²) in [7, 11) is 0. The fourth-order valence-electron chi connectivity index (χ4n) is 7.79. The maximum Gasteiger partial charge on any atom is 0.124 e. The van der Waals surface area contributed by atoms with Crippen molar-refractivity contribution in [1.29, 1.82) is 0 Å². The van der Waals surface area contributed by atoms with Crippen LogP contribution in [0.3, 0.4) is 0 Å². The van der Waals surface area contributed by atoms with Crippen LogP contribution in [-0.2, 0) is 5.41 Å². The van der Waals surface area contributed by atoms with Gasteiger partial charge in [0.05, 0.1) is 49.9 Å². The number of hydrogen-bond donors (Lipinski definition) is 0. The summed E-state index contributed by atoms with van der Waals surface area (Å²) in [4.78, 5) is 5.17. The Morgan fingerprint density at radius 2 is 1.07 bits per heavy atom. The Bertz CT molecular complexity index is 2630. The quantitative estimate of drug-likeness (QED) is 0.205. The zero-order chi connectivity index (χ0) is 29.2. The molecule has 0 fully saturated rings. The molecule has 1 aliphatic heterocycles. The van der Waals surface area contributed by atoms with E-state index in [-0.39, 0.29) is 5.41 Å². The SMILES string of the molecule is CC1(C)c2cccc(-n3c4ccccc4c4cc5c(cc43)c3ccccc3n5-c3ccccc3)c2-n2c1nc1ccccc12. The maximum absolute atomic E-state index is 5.17. The first kappa shape index (κ1) is 23.9. The molecule has 3 aromatic heterocycles.